The first-order valence-corrected chi connectivity index (χ1v) is 38.3. The number of hydrogen-bond donors (Lipinski definition) is 6. The third-order valence-electron chi connectivity index (χ3n) is 20.0. The Bertz CT molecular complexity index is 3670. The third kappa shape index (κ3) is 26.2. The zero-order valence-electron chi connectivity index (χ0n) is 64.3. The fourth-order valence-electron chi connectivity index (χ4n) is 13.5. The molecule has 4 aliphatic rings. The first-order chi connectivity index (χ1) is 49.8. The lowest BCUT2D eigenvalue weighted by atomic mass is 9.84. The molecule has 2 amide bonds. The average molecular weight is 1510 g/mol. The minimum Gasteiger partial charge on any atom is -0.492 e. The number of ketones is 3. The number of halogens is 1. The highest BCUT2D eigenvalue weighted by molar-refractivity contribution is 9.10. The van der Waals surface area contributed by atoms with Crippen molar-refractivity contribution in [1.82, 2.24) is 15.5 Å². The summed E-state index contributed by atoms with van der Waals surface area (Å²) in [5.41, 5.74) is 26.8. The summed E-state index contributed by atoms with van der Waals surface area (Å²) < 4.78 is 18.3. The first-order valence-electron chi connectivity index (χ1n) is 37.5. The fraction of sp³-hybridized carbons (Fsp3) is 0.548. The number of fused-ring (bicyclic) bond motifs is 5. The number of carboxylic acids is 1. The molecular weight excluding hydrogens is 1390 g/mol. The summed E-state index contributed by atoms with van der Waals surface area (Å²) in [7, 11) is 1.55. The van der Waals surface area contributed by atoms with Gasteiger partial charge in [-0.25, -0.2) is 0 Å². The number of ether oxygens (including phenoxy) is 3. The summed E-state index contributed by atoms with van der Waals surface area (Å²) >= 11 is 3.41. The lowest BCUT2D eigenvalue weighted by Gasteiger charge is -2.35. The van der Waals surface area contributed by atoms with E-state index < -0.39 is 47.5 Å². The Morgan fingerprint density at radius 1 is 0.648 bits per heavy atom. The van der Waals surface area contributed by atoms with Crippen molar-refractivity contribution in [3.63, 3.8) is 0 Å². The number of rotatable bonds is 21. The van der Waals surface area contributed by atoms with Crippen molar-refractivity contribution in [2.45, 2.75) is 182 Å². The van der Waals surface area contributed by atoms with Crippen molar-refractivity contribution in [1.29, 1.82) is 5.26 Å². The van der Waals surface area contributed by atoms with Gasteiger partial charge < -0.3 is 61.9 Å². The standard InChI is InChI=1S/C50H67N7O7.C16H23NO2.C10H13Br.C8H15NO2/c1-32-27-44(60)47(56(5)49(62)36(16-20-52)31-43(59)34-17-23-57(24-18-34)38-12-10-37(11-13-38)50(2,3)4)35-9-15-46(64-26-22-54)40(30-35)39-28-33(8-14-45(39)63-25-21-53)29-41(55-48(32)61)42(58)7-6-19-51;1-16(2,3)13-4-6-14(7-5-13)17-10-8-12(9-11-17)15(18)19;1-10(2,3)8-4-6-9(11)7-5-8;1-2-11-8(10)7-3-5-9-6-4-7/h8-15,28,30,32,34,36,41,47H,6-7,16-18,20-27,29,31,52-54H2,1-5H3,(H,55,61);4-7,12H,8-11H2,1-3H3,(H,18,19);4-7H,1-3H3;7,9H,2-6H2,1H3/t32-,36-,41+,47+;;;/m1.../s1. The number of Topliss-reactive ketones (excluding diaryl/α,β-unsaturated/α-hetero) is 3. The van der Waals surface area contributed by atoms with Crippen molar-refractivity contribution in [3.05, 3.63) is 141 Å². The Balaban J connectivity index is 0.000000334. The van der Waals surface area contributed by atoms with Gasteiger partial charge in [-0.3, -0.25) is 33.6 Å². The normalized spacial score (nSPS) is 18.0. The van der Waals surface area contributed by atoms with Gasteiger partial charge in [0.05, 0.1) is 30.6 Å². The number of benzene rings is 5. The number of nitriles is 1. The molecule has 0 aliphatic carbocycles. The van der Waals surface area contributed by atoms with Crippen molar-refractivity contribution in [2.24, 2.45) is 46.8 Å². The van der Waals surface area contributed by atoms with E-state index in [0.717, 1.165) is 62.0 Å². The molecule has 3 saturated heterocycles. The van der Waals surface area contributed by atoms with Crippen LogP contribution in [0.25, 0.3) is 11.1 Å². The van der Waals surface area contributed by atoms with E-state index in [-0.39, 0.29) is 123 Å². The smallest absolute Gasteiger partial charge is 0.309 e. The number of anilines is 2. The molecule has 0 aromatic heterocycles. The van der Waals surface area contributed by atoms with E-state index in [1.165, 1.54) is 27.3 Å². The highest BCUT2D eigenvalue weighted by Crippen LogP contribution is 2.42. The SMILES string of the molecule is CC(C)(C)c1ccc(Br)cc1.CC(C)(C)c1ccc(N2CCC(C(=O)O)CC2)cc1.CCOC(=O)C1CCNCC1.C[C@@H]1CC(=O)[C@@H](N(C)C(=O)[C@H](CCN)CC(=O)C2CCN(c3ccc(C(C)(C)C)cc3)CC2)c2ccc(OCCN)c(c2)-c2cc(ccc2OCCN)C[C@@H](C(=O)CCC#N)NC1=O. The van der Waals surface area contributed by atoms with E-state index in [0.29, 0.717) is 66.3 Å². The minimum absolute atomic E-state index is 0.00184. The second-order valence-electron chi connectivity index (χ2n) is 31.1. The lowest BCUT2D eigenvalue weighted by molar-refractivity contribution is -0.149. The van der Waals surface area contributed by atoms with Crippen LogP contribution in [-0.2, 0) is 61.0 Å². The molecule has 20 nitrogen and oxygen atoms in total. The van der Waals surface area contributed by atoms with Crippen LogP contribution in [0.2, 0.25) is 0 Å². The minimum atomic E-state index is -1.18. The highest BCUT2D eigenvalue weighted by Gasteiger charge is 2.38. The number of nitrogens with zero attached hydrogens (tertiary/aromatic N) is 4. The third-order valence-corrected chi connectivity index (χ3v) is 20.5. The van der Waals surface area contributed by atoms with Gasteiger partial charge in [-0.1, -0.05) is 134 Å². The Morgan fingerprint density at radius 2 is 1.13 bits per heavy atom. The van der Waals surface area contributed by atoms with Crippen molar-refractivity contribution in [2.75, 3.05) is 95.6 Å². The van der Waals surface area contributed by atoms with Crippen LogP contribution in [0.5, 0.6) is 11.5 Å². The molecule has 3 fully saturated rings. The summed E-state index contributed by atoms with van der Waals surface area (Å²) in [6, 6.07) is 36.2. The number of esters is 1. The van der Waals surface area contributed by atoms with Gasteiger partial charge in [0.1, 0.15) is 36.5 Å². The number of hydrogen-bond acceptors (Lipinski definition) is 17. The van der Waals surface area contributed by atoms with Crippen LogP contribution >= 0.6 is 15.9 Å². The molecule has 0 spiro atoms. The van der Waals surface area contributed by atoms with Gasteiger partial charge in [-0.2, -0.15) is 5.26 Å². The fourth-order valence-corrected chi connectivity index (χ4v) is 13.8. The van der Waals surface area contributed by atoms with Gasteiger partial charge in [0.25, 0.3) is 0 Å². The number of nitrogens with two attached hydrogens (primary N) is 3. The van der Waals surface area contributed by atoms with Crippen LogP contribution in [0.15, 0.2) is 114 Å². The maximum atomic E-state index is 14.7. The van der Waals surface area contributed by atoms with Crippen molar-refractivity contribution >= 4 is 68.4 Å². The molecule has 9 N–H and O–H groups in total. The van der Waals surface area contributed by atoms with Crippen molar-refractivity contribution in [3.8, 4) is 28.7 Å². The topological polar surface area (TPSA) is 303 Å². The van der Waals surface area contributed by atoms with Gasteiger partial charge in [0, 0.05) is 117 Å². The van der Waals surface area contributed by atoms with Gasteiger partial charge >= 0.3 is 11.9 Å². The Hall–Kier alpha value is -8.00. The Labute approximate surface area is 632 Å². The van der Waals surface area contributed by atoms with E-state index >= 15 is 0 Å². The maximum Gasteiger partial charge on any atom is 0.309 e. The molecule has 4 aliphatic heterocycles. The molecule has 4 bridgehead atoms. The predicted octanol–water partition coefficient (Wildman–Crippen LogP) is 12.8. The van der Waals surface area contributed by atoms with E-state index in [1.807, 2.05) is 19.1 Å². The van der Waals surface area contributed by atoms with Gasteiger partial charge in [0.2, 0.25) is 11.8 Å². The Morgan fingerprint density at radius 3 is 1.60 bits per heavy atom. The van der Waals surface area contributed by atoms with Crippen LogP contribution in [0.3, 0.4) is 0 Å². The largest absolute Gasteiger partial charge is 0.492 e. The molecule has 4 heterocycles. The summed E-state index contributed by atoms with van der Waals surface area (Å²) in [5.74, 6) is -3.33. The molecule has 0 radical (unpaired) electrons. The van der Waals surface area contributed by atoms with E-state index in [1.54, 1.807) is 44.3 Å². The molecule has 572 valence electrons. The van der Waals surface area contributed by atoms with Crippen LogP contribution in [0, 0.1) is 40.9 Å². The maximum absolute atomic E-state index is 14.7. The lowest BCUT2D eigenvalue weighted by Crippen LogP contribution is -2.46. The second kappa shape index (κ2) is 41.2. The summed E-state index contributed by atoms with van der Waals surface area (Å²) in [6.45, 7) is 29.8. The summed E-state index contributed by atoms with van der Waals surface area (Å²) in [4.78, 5) is 98.7. The molecule has 5 aromatic carbocycles. The molecule has 4 atom stereocenters. The molecule has 0 saturated carbocycles. The number of carboxylic acid groups (broad SMARTS) is 1. The van der Waals surface area contributed by atoms with Crippen LogP contribution < -0.4 is 47.1 Å². The molecule has 105 heavy (non-hydrogen) atoms. The number of carbonyl (C=O) groups excluding carboxylic acids is 6. The number of amides is 2. The van der Waals surface area contributed by atoms with Crippen molar-refractivity contribution < 1.29 is 52.9 Å². The Kier molecular flexibility index (Phi) is 33.7. The monoisotopic (exact) mass is 1510 g/mol. The number of piperidine rings is 3. The first kappa shape index (κ1) is 85.9. The van der Waals surface area contributed by atoms with E-state index in [4.69, 9.17) is 36.5 Å². The molecule has 21 heteroatoms. The van der Waals surface area contributed by atoms with Gasteiger partial charge in [0.15, 0.2) is 11.6 Å². The predicted molar refractivity (Wildman–Crippen MR) is 420 cm³/mol. The number of nitrogens with one attached hydrogen (secondary N) is 2. The average Bonchev–Trinajstić information content (AvgIpc) is 0.778. The van der Waals surface area contributed by atoms with Crippen LogP contribution in [0.1, 0.15) is 181 Å². The highest BCUT2D eigenvalue weighted by atomic mass is 79.9. The molecular formula is C84H118BrN9O11. The van der Waals surface area contributed by atoms with Crippen LogP contribution in [-0.4, -0.2) is 143 Å². The molecule has 5 aromatic rings. The quantitative estimate of drug-likeness (QED) is 0.0372. The number of likely N-dealkylation sites (N-methyl/N-ethyl adjacent to an activating group) is 1. The number of carbonyl (C=O) groups is 7. The zero-order valence-corrected chi connectivity index (χ0v) is 65.9. The zero-order chi connectivity index (χ0) is 77.2. The molecule has 0 unspecified atom stereocenters. The van der Waals surface area contributed by atoms with E-state index in [9.17, 15) is 38.8 Å². The van der Waals surface area contributed by atoms with E-state index in [2.05, 4.69) is 171 Å². The molecule has 9 rings (SSSR count). The summed E-state index contributed by atoms with van der Waals surface area (Å²) in [5, 5.41) is 24.3. The summed E-state index contributed by atoms with van der Waals surface area (Å²) in [6.07, 6.45) is 4.66. The second-order valence-corrected chi connectivity index (χ2v) is 32.0. The van der Waals surface area contributed by atoms with Crippen LogP contribution in [0.4, 0.5) is 11.4 Å². The number of aliphatic carboxylic acids is 1. The van der Waals surface area contributed by atoms with Gasteiger partial charge in [-0.15, -0.1) is 0 Å². The van der Waals surface area contributed by atoms with Gasteiger partial charge in [-0.05, 0) is 183 Å².